The van der Waals surface area contributed by atoms with Gasteiger partial charge < -0.3 is 5.32 Å². The molecule has 9 heavy (non-hydrogen) atoms. The van der Waals surface area contributed by atoms with Crippen molar-refractivity contribution in [1.82, 2.24) is 5.32 Å². The highest BCUT2D eigenvalue weighted by atomic mass is 14.9. The molecule has 0 aromatic rings. The van der Waals surface area contributed by atoms with Gasteiger partial charge in [-0.3, -0.25) is 0 Å². The maximum atomic E-state index is 5.22. The Morgan fingerprint density at radius 2 is 2.11 bits per heavy atom. The number of terminal acetylenes is 1. The SMILES string of the molecule is C#CC(CC)NC(C)C. The highest BCUT2D eigenvalue weighted by molar-refractivity contribution is 4.98. The minimum Gasteiger partial charge on any atom is -0.301 e. The lowest BCUT2D eigenvalue weighted by Gasteiger charge is -2.12. The summed E-state index contributed by atoms with van der Waals surface area (Å²) in [5, 5.41) is 3.24. The number of rotatable bonds is 3. The summed E-state index contributed by atoms with van der Waals surface area (Å²) in [6, 6.07) is 0.746. The average Bonchev–Trinajstić information content (AvgIpc) is 1.82. The normalized spacial score (nSPS) is 13.2. The van der Waals surface area contributed by atoms with Gasteiger partial charge in [-0.1, -0.05) is 12.8 Å². The van der Waals surface area contributed by atoms with E-state index in [9.17, 15) is 0 Å². The van der Waals surface area contributed by atoms with Crippen molar-refractivity contribution in [2.45, 2.75) is 39.3 Å². The largest absolute Gasteiger partial charge is 0.301 e. The van der Waals surface area contributed by atoms with Crippen LogP contribution in [0.2, 0.25) is 0 Å². The topological polar surface area (TPSA) is 12.0 Å². The van der Waals surface area contributed by atoms with Gasteiger partial charge in [-0.2, -0.15) is 0 Å². The van der Waals surface area contributed by atoms with E-state index in [1.165, 1.54) is 0 Å². The molecule has 0 aliphatic heterocycles. The van der Waals surface area contributed by atoms with E-state index in [0.29, 0.717) is 6.04 Å². The molecule has 0 fully saturated rings. The van der Waals surface area contributed by atoms with Gasteiger partial charge in [0.25, 0.3) is 0 Å². The summed E-state index contributed by atoms with van der Waals surface area (Å²) in [5.41, 5.74) is 0. The third-order valence-electron chi connectivity index (χ3n) is 1.14. The standard InChI is InChI=1S/C8H15N/c1-5-8(6-2)9-7(3)4/h1,7-9H,6H2,2-4H3. The van der Waals surface area contributed by atoms with Crippen molar-refractivity contribution < 1.29 is 0 Å². The third kappa shape index (κ3) is 4.05. The number of nitrogens with one attached hydrogen (secondary N) is 1. The number of hydrogen-bond acceptors (Lipinski definition) is 1. The predicted molar refractivity (Wildman–Crippen MR) is 41.2 cm³/mol. The van der Waals surface area contributed by atoms with E-state index >= 15 is 0 Å². The molecule has 0 amide bonds. The first-order valence-electron chi connectivity index (χ1n) is 3.42. The Bertz CT molecular complexity index is 99.6. The smallest absolute Gasteiger partial charge is 0.0686 e. The first-order valence-corrected chi connectivity index (χ1v) is 3.42. The third-order valence-corrected chi connectivity index (χ3v) is 1.14. The summed E-state index contributed by atoms with van der Waals surface area (Å²) in [6.07, 6.45) is 6.23. The summed E-state index contributed by atoms with van der Waals surface area (Å²) in [4.78, 5) is 0. The van der Waals surface area contributed by atoms with Crippen LogP contribution in [0.15, 0.2) is 0 Å². The van der Waals surface area contributed by atoms with Crippen LogP contribution in [0.4, 0.5) is 0 Å². The van der Waals surface area contributed by atoms with E-state index in [1.54, 1.807) is 0 Å². The van der Waals surface area contributed by atoms with Gasteiger partial charge in [0.15, 0.2) is 0 Å². The predicted octanol–water partition coefficient (Wildman–Crippen LogP) is 1.40. The zero-order chi connectivity index (χ0) is 7.28. The Morgan fingerprint density at radius 3 is 2.22 bits per heavy atom. The van der Waals surface area contributed by atoms with Crippen LogP contribution in [0.5, 0.6) is 0 Å². The van der Waals surface area contributed by atoms with Crippen LogP contribution < -0.4 is 5.32 Å². The molecular formula is C8H15N. The van der Waals surface area contributed by atoms with Gasteiger partial charge in [-0.05, 0) is 20.3 Å². The first-order chi connectivity index (χ1) is 4.20. The molecule has 0 saturated carbocycles. The Labute approximate surface area is 57.8 Å². The van der Waals surface area contributed by atoms with Crippen molar-refractivity contribution in [3.8, 4) is 12.3 Å². The lowest BCUT2D eigenvalue weighted by Crippen LogP contribution is -2.32. The van der Waals surface area contributed by atoms with Crippen LogP contribution in [0.3, 0.4) is 0 Å². The van der Waals surface area contributed by atoms with Crippen molar-refractivity contribution >= 4 is 0 Å². The fourth-order valence-electron chi connectivity index (χ4n) is 0.686. The Balaban J connectivity index is 3.47. The lowest BCUT2D eigenvalue weighted by molar-refractivity contribution is 0.524. The zero-order valence-electron chi connectivity index (χ0n) is 6.44. The van der Waals surface area contributed by atoms with E-state index in [1.807, 2.05) is 0 Å². The van der Waals surface area contributed by atoms with E-state index in [4.69, 9.17) is 6.42 Å². The molecule has 52 valence electrons. The molecule has 0 aliphatic rings. The second-order valence-corrected chi connectivity index (χ2v) is 2.45. The van der Waals surface area contributed by atoms with Gasteiger partial charge in [-0.15, -0.1) is 6.42 Å². The van der Waals surface area contributed by atoms with Crippen LogP contribution in [0.1, 0.15) is 27.2 Å². The molecule has 1 nitrogen and oxygen atoms in total. The maximum absolute atomic E-state index is 5.22. The molecule has 0 rings (SSSR count). The fourth-order valence-corrected chi connectivity index (χ4v) is 0.686. The lowest BCUT2D eigenvalue weighted by atomic mass is 10.2. The molecular weight excluding hydrogens is 110 g/mol. The Morgan fingerprint density at radius 1 is 1.56 bits per heavy atom. The summed E-state index contributed by atoms with van der Waals surface area (Å²) in [5.74, 6) is 2.67. The van der Waals surface area contributed by atoms with E-state index in [-0.39, 0.29) is 6.04 Å². The van der Waals surface area contributed by atoms with Crippen LogP contribution in [-0.4, -0.2) is 12.1 Å². The Kier molecular flexibility index (Phi) is 4.17. The van der Waals surface area contributed by atoms with Crippen LogP contribution in [-0.2, 0) is 0 Å². The van der Waals surface area contributed by atoms with Crippen LogP contribution >= 0.6 is 0 Å². The quantitative estimate of drug-likeness (QED) is 0.562. The fraction of sp³-hybridized carbons (Fsp3) is 0.750. The maximum Gasteiger partial charge on any atom is 0.0686 e. The zero-order valence-corrected chi connectivity index (χ0v) is 6.44. The highest BCUT2D eigenvalue weighted by Crippen LogP contribution is 1.89. The molecule has 0 aromatic heterocycles. The van der Waals surface area contributed by atoms with Crippen molar-refractivity contribution in [1.29, 1.82) is 0 Å². The summed E-state index contributed by atoms with van der Waals surface area (Å²) in [7, 11) is 0. The molecule has 0 heterocycles. The molecule has 0 spiro atoms. The van der Waals surface area contributed by atoms with Crippen molar-refractivity contribution in [2.24, 2.45) is 0 Å². The number of hydrogen-bond donors (Lipinski definition) is 1. The van der Waals surface area contributed by atoms with Crippen molar-refractivity contribution in [3.05, 3.63) is 0 Å². The van der Waals surface area contributed by atoms with Crippen LogP contribution in [0.25, 0.3) is 0 Å². The summed E-state index contributed by atoms with van der Waals surface area (Å²) in [6.45, 7) is 6.28. The summed E-state index contributed by atoms with van der Waals surface area (Å²) < 4.78 is 0. The minimum absolute atomic E-state index is 0.255. The second-order valence-electron chi connectivity index (χ2n) is 2.45. The van der Waals surface area contributed by atoms with Gasteiger partial charge in [0.1, 0.15) is 0 Å². The van der Waals surface area contributed by atoms with Crippen molar-refractivity contribution in [3.63, 3.8) is 0 Å². The second kappa shape index (κ2) is 4.40. The van der Waals surface area contributed by atoms with Gasteiger partial charge in [0, 0.05) is 6.04 Å². The Hall–Kier alpha value is -0.480. The molecule has 0 radical (unpaired) electrons. The average molecular weight is 125 g/mol. The van der Waals surface area contributed by atoms with Gasteiger partial charge in [0.05, 0.1) is 6.04 Å². The molecule has 0 saturated heterocycles. The van der Waals surface area contributed by atoms with E-state index in [2.05, 4.69) is 32.0 Å². The molecule has 0 aliphatic carbocycles. The van der Waals surface area contributed by atoms with Gasteiger partial charge >= 0.3 is 0 Å². The minimum atomic E-state index is 0.255. The van der Waals surface area contributed by atoms with E-state index < -0.39 is 0 Å². The van der Waals surface area contributed by atoms with Gasteiger partial charge in [0.2, 0.25) is 0 Å². The molecule has 1 heteroatoms. The molecule has 0 aromatic carbocycles. The van der Waals surface area contributed by atoms with E-state index in [0.717, 1.165) is 6.42 Å². The first kappa shape index (κ1) is 8.52. The van der Waals surface area contributed by atoms with Crippen LogP contribution in [0, 0.1) is 12.3 Å². The molecule has 0 bridgehead atoms. The summed E-state index contributed by atoms with van der Waals surface area (Å²) >= 11 is 0. The van der Waals surface area contributed by atoms with Gasteiger partial charge in [-0.25, -0.2) is 0 Å². The highest BCUT2D eigenvalue weighted by Gasteiger charge is 2.00. The monoisotopic (exact) mass is 125 g/mol. The molecule has 1 atom stereocenters. The molecule has 1 N–H and O–H groups in total. The molecule has 1 unspecified atom stereocenters. The van der Waals surface area contributed by atoms with Crippen molar-refractivity contribution in [2.75, 3.05) is 0 Å².